The van der Waals surface area contributed by atoms with E-state index in [-0.39, 0.29) is 12.0 Å². The molecule has 0 aromatic rings. The van der Waals surface area contributed by atoms with Gasteiger partial charge < -0.3 is 4.74 Å². The minimum absolute atomic E-state index is 0.0594. The fourth-order valence-corrected chi connectivity index (χ4v) is 1.69. The van der Waals surface area contributed by atoms with Gasteiger partial charge in [-0.15, -0.1) is 0 Å². The summed E-state index contributed by atoms with van der Waals surface area (Å²) in [7, 11) is 0. The summed E-state index contributed by atoms with van der Waals surface area (Å²) in [5.41, 5.74) is -0.436. The molecule has 0 fully saturated rings. The number of carbonyl (C=O) groups excluding carboxylic acids is 1. The number of nitrogens with zero attached hydrogens (tertiary/aromatic N) is 1. The third kappa shape index (κ3) is 9.72. The van der Waals surface area contributed by atoms with Crippen molar-refractivity contribution < 1.29 is 9.53 Å². The average Bonchev–Trinajstić information content (AvgIpc) is 2.17. The Morgan fingerprint density at radius 2 is 1.56 bits per heavy atom. The van der Waals surface area contributed by atoms with Crippen molar-refractivity contribution in [3.8, 4) is 0 Å². The Hall–Kier alpha value is -0.280. The van der Waals surface area contributed by atoms with E-state index >= 15 is 0 Å². The number of esters is 1. The summed E-state index contributed by atoms with van der Waals surface area (Å²) >= 11 is 5.16. The van der Waals surface area contributed by atoms with Gasteiger partial charge in [-0.1, -0.05) is 18.5 Å². The highest BCUT2D eigenvalue weighted by molar-refractivity contribution is 6.17. The normalized spacial score (nSPS) is 11.6. The Balaban J connectivity index is 0. The molecule has 110 valence electrons. The topological polar surface area (TPSA) is 29.5 Å². The van der Waals surface area contributed by atoms with E-state index in [1.165, 1.54) is 0 Å². The summed E-state index contributed by atoms with van der Waals surface area (Å²) in [6, 6.07) is 1.32. The second kappa shape index (κ2) is 9.62. The minimum atomic E-state index is -0.436. The van der Waals surface area contributed by atoms with Gasteiger partial charge in [0.15, 0.2) is 6.07 Å². The summed E-state index contributed by atoms with van der Waals surface area (Å²) in [5, 5.41) is 0. The highest BCUT2D eigenvalue weighted by atomic mass is 35.5. The van der Waals surface area contributed by atoms with Gasteiger partial charge in [-0.05, 0) is 55.0 Å². The Morgan fingerprint density at radius 1 is 1.17 bits per heavy atom. The Labute approximate surface area is 118 Å². The van der Waals surface area contributed by atoms with Crippen molar-refractivity contribution in [3.63, 3.8) is 0 Å². The second-order valence-electron chi connectivity index (χ2n) is 5.81. The summed E-state index contributed by atoms with van der Waals surface area (Å²) in [5.74, 6) is -0.266. The first-order valence-corrected chi connectivity index (χ1v) is 7.10. The molecule has 0 unspecified atom stereocenters. The van der Waals surface area contributed by atoms with Gasteiger partial charge in [-0.3, -0.25) is 9.69 Å². The van der Waals surface area contributed by atoms with Crippen molar-refractivity contribution >= 4 is 17.6 Å². The van der Waals surface area contributed by atoms with Gasteiger partial charge in [0.25, 0.3) is 0 Å². The molecule has 18 heavy (non-hydrogen) atoms. The molecule has 0 amide bonds. The summed E-state index contributed by atoms with van der Waals surface area (Å²) in [6.07, 6.45) is 0. The maximum Gasteiger partial charge on any atom is 0.312 e. The maximum absolute atomic E-state index is 10.8. The van der Waals surface area contributed by atoms with Gasteiger partial charge in [0.2, 0.25) is 0 Å². The second-order valence-corrected chi connectivity index (χ2v) is 6.03. The van der Waals surface area contributed by atoms with Gasteiger partial charge in [-0.25, -0.2) is 0 Å². The van der Waals surface area contributed by atoms with E-state index in [1.54, 1.807) is 20.8 Å². The molecular weight excluding hydrogens is 250 g/mol. The van der Waals surface area contributed by atoms with E-state index in [2.05, 4.69) is 44.3 Å². The molecule has 0 heterocycles. The van der Waals surface area contributed by atoms with Crippen molar-refractivity contribution in [1.29, 1.82) is 0 Å². The first-order valence-electron chi connectivity index (χ1n) is 6.56. The minimum Gasteiger partial charge on any atom is -0.449 e. The third-order valence-corrected chi connectivity index (χ3v) is 2.60. The lowest BCUT2D eigenvalue weighted by Crippen LogP contribution is -2.36. The number of ether oxygens (including phenoxy) is 1. The van der Waals surface area contributed by atoms with E-state index in [1.807, 2.05) is 0 Å². The Bertz CT molecular complexity index is 214. The highest BCUT2D eigenvalue weighted by Crippen LogP contribution is 2.14. The van der Waals surface area contributed by atoms with Crippen LogP contribution in [0.2, 0.25) is 0 Å². The molecule has 0 aliphatic rings. The fraction of sp³-hybridized carbons (Fsp3) is 0.929. The van der Waals surface area contributed by atoms with Gasteiger partial charge in [0.05, 0.1) is 5.41 Å². The quantitative estimate of drug-likeness (QED) is 0.577. The zero-order chi connectivity index (χ0) is 14.9. The zero-order valence-electron chi connectivity index (χ0n) is 13.2. The van der Waals surface area contributed by atoms with Crippen LogP contribution in [0.15, 0.2) is 0 Å². The number of halogens is 1. The monoisotopic (exact) mass is 279 g/mol. The molecule has 0 aromatic heterocycles. The van der Waals surface area contributed by atoms with E-state index in [0.29, 0.717) is 12.1 Å². The van der Waals surface area contributed by atoms with Crippen molar-refractivity contribution in [1.82, 2.24) is 4.90 Å². The van der Waals surface area contributed by atoms with Crippen LogP contribution in [0.25, 0.3) is 0 Å². The molecular formula is C14H30ClNO2. The van der Waals surface area contributed by atoms with Crippen molar-refractivity contribution in [2.24, 2.45) is 5.41 Å². The maximum atomic E-state index is 10.8. The molecule has 0 atom stereocenters. The SMILES string of the molecule is CC(C)(C)C(=O)OCCl.CCN(C(C)C)C(C)C. The molecule has 0 aliphatic heterocycles. The first kappa shape index (κ1) is 20.0. The van der Waals surface area contributed by atoms with Crippen LogP contribution in [0, 0.1) is 5.41 Å². The molecule has 0 spiro atoms. The van der Waals surface area contributed by atoms with Crippen molar-refractivity contribution in [2.75, 3.05) is 12.6 Å². The fourth-order valence-electron chi connectivity index (χ4n) is 1.59. The molecule has 0 radical (unpaired) electrons. The van der Waals surface area contributed by atoms with Gasteiger partial charge in [-0.2, -0.15) is 0 Å². The van der Waals surface area contributed by atoms with Crippen LogP contribution in [0.4, 0.5) is 0 Å². The van der Waals surface area contributed by atoms with Gasteiger partial charge in [0, 0.05) is 12.1 Å². The molecule has 0 aliphatic carbocycles. The average molecular weight is 280 g/mol. The lowest BCUT2D eigenvalue weighted by molar-refractivity contribution is -0.150. The van der Waals surface area contributed by atoms with Crippen molar-refractivity contribution in [3.05, 3.63) is 0 Å². The molecule has 3 nitrogen and oxygen atoms in total. The molecule has 0 bridgehead atoms. The van der Waals surface area contributed by atoms with Crippen LogP contribution in [0.1, 0.15) is 55.4 Å². The van der Waals surface area contributed by atoms with E-state index in [4.69, 9.17) is 11.6 Å². The van der Waals surface area contributed by atoms with Crippen LogP contribution in [0.5, 0.6) is 0 Å². The largest absolute Gasteiger partial charge is 0.449 e. The number of hydrogen-bond donors (Lipinski definition) is 0. The van der Waals surface area contributed by atoms with Crippen LogP contribution < -0.4 is 0 Å². The smallest absolute Gasteiger partial charge is 0.312 e. The first-order chi connectivity index (χ1) is 8.07. The molecule has 0 saturated heterocycles. The Kier molecular flexibility index (Phi) is 10.7. The summed E-state index contributed by atoms with van der Waals surface area (Å²) < 4.78 is 4.53. The molecule has 0 rings (SSSR count). The highest BCUT2D eigenvalue weighted by Gasteiger charge is 2.22. The van der Waals surface area contributed by atoms with E-state index in [9.17, 15) is 4.79 Å². The van der Waals surface area contributed by atoms with Gasteiger partial charge >= 0.3 is 5.97 Å². The number of hydrogen-bond acceptors (Lipinski definition) is 3. The van der Waals surface area contributed by atoms with E-state index < -0.39 is 5.41 Å². The predicted octanol–water partition coefficient (Wildman–Crippen LogP) is 3.90. The lowest BCUT2D eigenvalue weighted by atomic mass is 9.98. The Morgan fingerprint density at radius 3 is 1.61 bits per heavy atom. The number of carbonyl (C=O) groups is 1. The molecule has 0 N–H and O–H groups in total. The van der Waals surface area contributed by atoms with Crippen LogP contribution in [-0.2, 0) is 9.53 Å². The number of rotatable bonds is 4. The molecule has 0 saturated carbocycles. The molecule has 4 heteroatoms. The lowest BCUT2D eigenvalue weighted by Gasteiger charge is -2.28. The van der Waals surface area contributed by atoms with E-state index in [0.717, 1.165) is 6.54 Å². The zero-order valence-corrected chi connectivity index (χ0v) is 14.0. The van der Waals surface area contributed by atoms with Crippen LogP contribution in [0.3, 0.4) is 0 Å². The van der Waals surface area contributed by atoms with Crippen molar-refractivity contribution in [2.45, 2.75) is 67.5 Å². The van der Waals surface area contributed by atoms with Crippen LogP contribution >= 0.6 is 11.6 Å². The van der Waals surface area contributed by atoms with Gasteiger partial charge in [0.1, 0.15) is 0 Å². The third-order valence-electron chi connectivity index (χ3n) is 2.49. The summed E-state index contributed by atoms with van der Waals surface area (Å²) in [4.78, 5) is 13.2. The predicted molar refractivity (Wildman–Crippen MR) is 78.9 cm³/mol. The molecule has 0 aromatic carbocycles. The summed E-state index contributed by atoms with van der Waals surface area (Å²) in [6.45, 7) is 17.7. The van der Waals surface area contributed by atoms with Crippen LogP contribution in [-0.4, -0.2) is 35.6 Å². The standard InChI is InChI=1S/C8H19N.C6H11ClO2/c1-6-9(7(2)3)8(4)5;1-6(2,3)5(8)9-4-7/h7-8H,6H2,1-5H3;4H2,1-3H3. The number of alkyl halides is 1.